The minimum absolute atomic E-state index is 1.11. The zero-order valence-electron chi connectivity index (χ0n) is 26.4. The average Bonchev–Trinajstić information content (AvgIpc) is 3.51. The molecule has 0 aliphatic rings. The molecule has 0 unspecified atom stereocenters. The number of fused-ring (bicyclic) bond motifs is 5. The molecule has 0 radical (unpaired) electrons. The van der Waals surface area contributed by atoms with Gasteiger partial charge in [-0.15, -0.1) is 0 Å². The van der Waals surface area contributed by atoms with Crippen molar-refractivity contribution >= 4 is 49.6 Å². The van der Waals surface area contributed by atoms with Crippen molar-refractivity contribution in [1.82, 2.24) is 4.57 Å². The summed E-state index contributed by atoms with van der Waals surface area (Å²) in [6.45, 7) is 0. The first-order valence-electron chi connectivity index (χ1n) is 16.4. The molecule has 48 heavy (non-hydrogen) atoms. The molecule has 0 N–H and O–H groups in total. The van der Waals surface area contributed by atoms with Crippen molar-refractivity contribution in [2.24, 2.45) is 0 Å². The summed E-state index contributed by atoms with van der Waals surface area (Å²) in [7, 11) is 0. The van der Waals surface area contributed by atoms with E-state index >= 15 is 0 Å². The van der Waals surface area contributed by atoms with Crippen LogP contribution in [0, 0.1) is 0 Å². The van der Waals surface area contributed by atoms with Crippen LogP contribution in [0.2, 0.25) is 0 Å². The third-order valence-corrected chi connectivity index (χ3v) is 9.34. The van der Waals surface area contributed by atoms with E-state index in [9.17, 15) is 0 Å². The van der Waals surface area contributed by atoms with Gasteiger partial charge in [0.05, 0.1) is 11.0 Å². The second kappa shape index (κ2) is 11.8. The molecular weight excluding hydrogens is 581 g/mol. The van der Waals surface area contributed by atoms with Gasteiger partial charge in [-0.05, 0) is 93.7 Å². The summed E-state index contributed by atoms with van der Waals surface area (Å²) in [6, 6.07) is 69.8. The van der Waals surface area contributed by atoms with E-state index in [1.165, 1.54) is 54.8 Å². The highest BCUT2D eigenvalue weighted by Gasteiger charge is 2.20. The lowest BCUT2D eigenvalue weighted by Gasteiger charge is -2.26. The third-order valence-electron chi connectivity index (χ3n) is 9.34. The van der Waals surface area contributed by atoms with Gasteiger partial charge in [0, 0.05) is 33.5 Å². The average molecular weight is 613 g/mol. The Morgan fingerprint density at radius 2 is 0.917 bits per heavy atom. The molecule has 0 saturated heterocycles. The van der Waals surface area contributed by atoms with Crippen LogP contribution in [0.4, 0.5) is 17.1 Å². The Morgan fingerprint density at radius 3 is 1.69 bits per heavy atom. The lowest BCUT2D eigenvalue weighted by Crippen LogP contribution is -2.10. The van der Waals surface area contributed by atoms with Crippen molar-refractivity contribution in [2.75, 3.05) is 4.90 Å². The molecule has 0 spiro atoms. The molecule has 2 heteroatoms. The van der Waals surface area contributed by atoms with Gasteiger partial charge in [-0.3, -0.25) is 0 Å². The zero-order valence-corrected chi connectivity index (χ0v) is 26.4. The summed E-state index contributed by atoms with van der Waals surface area (Å²) >= 11 is 0. The van der Waals surface area contributed by atoms with Gasteiger partial charge in [0.15, 0.2) is 0 Å². The predicted octanol–water partition coefficient (Wildman–Crippen LogP) is 12.7. The van der Waals surface area contributed by atoms with Crippen LogP contribution in [0.25, 0.3) is 60.5 Å². The topological polar surface area (TPSA) is 8.17 Å². The molecule has 9 rings (SSSR count). The van der Waals surface area contributed by atoms with E-state index < -0.39 is 0 Å². The third kappa shape index (κ3) is 4.74. The van der Waals surface area contributed by atoms with Crippen molar-refractivity contribution < 1.29 is 0 Å². The number of nitrogens with zero attached hydrogens (tertiary/aromatic N) is 2. The van der Waals surface area contributed by atoms with Crippen molar-refractivity contribution in [3.8, 4) is 27.9 Å². The Morgan fingerprint density at radius 1 is 0.354 bits per heavy atom. The van der Waals surface area contributed by atoms with Crippen LogP contribution in [0.3, 0.4) is 0 Å². The van der Waals surface area contributed by atoms with Gasteiger partial charge >= 0.3 is 0 Å². The van der Waals surface area contributed by atoms with Gasteiger partial charge < -0.3 is 9.47 Å². The van der Waals surface area contributed by atoms with Crippen LogP contribution in [-0.2, 0) is 0 Å². The highest BCUT2D eigenvalue weighted by Crippen LogP contribution is 2.43. The molecule has 1 heterocycles. The van der Waals surface area contributed by atoms with E-state index in [1.54, 1.807) is 0 Å². The minimum Gasteiger partial charge on any atom is -0.310 e. The highest BCUT2D eigenvalue weighted by molar-refractivity contribution is 6.25. The number of para-hydroxylation sites is 2. The molecule has 8 aromatic carbocycles. The number of benzene rings is 8. The van der Waals surface area contributed by atoms with Crippen LogP contribution < -0.4 is 4.90 Å². The number of hydrogen-bond acceptors (Lipinski definition) is 1. The Labute approximate surface area is 280 Å². The SMILES string of the molecule is c1ccc(-c2cccc(N(c3ccccc3)c3cccc(-c4cccc5c4c4c6ccccc6ccc4n5-c4ccccc4)c3)c2)cc1. The van der Waals surface area contributed by atoms with Crippen molar-refractivity contribution in [3.63, 3.8) is 0 Å². The molecule has 0 bridgehead atoms. The predicted molar refractivity (Wildman–Crippen MR) is 204 cm³/mol. The molecule has 0 fully saturated rings. The maximum absolute atomic E-state index is 2.41. The smallest absolute Gasteiger partial charge is 0.0547 e. The molecule has 0 amide bonds. The van der Waals surface area contributed by atoms with Crippen LogP contribution in [0.15, 0.2) is 194 Å². The van der Waals surface area contributed by atoms with Gasteiger partial charge in [-0.25, -0.2) is 0 Å². The van der Waals surface area contributed by atoms with E-state index in [2.05, 4.69) is 204 Å². The zero-order chi connectivity index (χ0) is 31.9. The van der Waals surface area contributed by atoms with E-state index in [-0.39, 0.29) is 0 Å². The quantitative estimate of drug-likeness (QED) is 0.181. The molecule has 0 atom stereocenters. The first-order chi connectivity index (χ1) is 23.8. The normalized spacial score (nSPS) is 11.3. The van der Waals surface area contributed by atoms with Gasteiger partial charge in [-0.2, -0.15) is 0 Å². The van der Waals surface area contributed by atoms with Crippen molar-refractivity contribution in [2.45, 2.75) is 0 Å². The standard InChI is InChI=1S/C46H32N2/c1-4-15-33(16-5-1)35-18-12-24-39(31-35)47(37-20-6-2-7-21-37)40-25-13-19-36(32-40)42-27-14-28-43-46(42)45-41-26-11-10-17-34(41)29-30-44(45)48(43)38-22-8-3-9-23-38/h1-32H. The molecule has 2 nitrogen and oxygen atoms in total. The summed E-state index contributed by atoms with van der Waals surface area (Å²) in [5, 5.41) is 5.06. The summed E-state index contributed by atoms with van der Waals surface area (Å²) in [4.78, 5) is 2.36. The first kappa shape index (κ1) is 27.9. The van der Waals surface area contributed by atoms with Gasteiger partial charge in [0.25, 0.3) is 0 Å². The maximum Gasteiger partial charge on any atom is 0.0547 e. The Balaban J connectivity index is 1.28. The van der Waals surface area contributed by atoms with E-state index in [1.807, 2.05) is 0 Å². The fraction of sp³-hybridized carbons (Fsp3) is 0. The molecular formula is C46H32N2. The summed E-state index contributed by atoms with van der Waals surface area (Å²) < 4.78 is 2.41. The van der Waals surface area contributed by atoms with Crippen LogP contribution in [0.5, 0.6) is 0 Å². The molecule has 0 aliphatic heterocycles. The van der Waals surface area contributed by atoms with Crippen molar-refractivity contribution in [1.29, 1.82) is 0 Å². The second-order valence-corrected chi connectivity index (χ2v) is 12.2. The van der Waals surface area contributed by atoms with Gasteiger partial charge in [0.2, 0.25) is 0 Å². The monoisotopic (exact) mass is 612 g/mol. The van der Waals surface area contributed by atoms with Crippen LogP contribution in [0.1, 0.15) is 0 Å². The molecule has 9 aromatic rings. The summed E-state index contributed by atoms with van der Waals surface area (Å²) in [5.74, 6) is 0. The van der Waals surface area contributed by atoms with E-state index in [4.69, 9.17) is 0 Å². The molecule has 0 saturated carbocycles. The Kier molecular flexibility index (Phi) is 6.84. The summed E-state index contributed by atoms with van der Waals surface area (Å²) in [6.07, 6.45) is 0. The second-order valence-electron chi connectivity index (χ2n) is 12.2. The number of aromatic nitrogens is 1. The fourth-order valence-electron chi connectivity index (χ4n) is 7.22. The lowest BCUT2D eigenvalue weighted by molar-refractivity contribution is 1.18. The highest BCUT2D eigenvalue weighted by atomic mass is 15.1. The molecule has 1 aromatic heterocycles. The Bertz CT molecular complexity index is 2550. The molecule has 226 valence electrons. The first-order valence-corrected chi connectivity index (χ1v) is 16.4. The number of anilines is 3. The number of hydrogen-bond donors (Lipinski definition) is 0. The maximum atomic E-state index is 2.41. The Hall–Kier alpha value is -6.38. The van der Waals surface area contributed by atoms with Crippen LogP contribution >= 0.6 is 0 Å². The fourth-order valence-corrected chi connectivity index (χ4v) is 7.22. The number of rotatable bonds is 6. The minimum atomic E-state index is 1.11. The molecule has 0 aliphatic carbocycles. The van der Waals surface area contributed by atoms with Gasteiger partial charge in [-0.1, -0.05) is 133 Å². The van der Waals surface area contributed by atoms with Crippen molar-refractivity contribution in [3.05, 3.63) is 194 Å². The summed E-state index contributed by atoms with van der Waals surface area (Å²) in [5.41, 5.74) is 11.7. The largest absolute Gasteiger partial charge is 0.310 e. The van der Waals surface area contributed by atoms with Crippen LogP contribution in [-0.4, -0.2) is 4.57 Å². The van der Waals surface area contributed by atoms with Gasteiger partial charge in [0.1, 0.15) is 0 Å². The van der Waals surface area contributed by atoms with E-state index in [0.717, 1.165) is 22.7 Å². The van der Waals surface area contributed by atoms with E-state index in [0.29, 0.717) is 0 Å². The lowest BCUT2D eigenvalue weighted by atomic mass is 9.96.